The number of anilines is 2. The normalized spacial score (nSPS) is 18.7. The molecule has 1 aromatic heterocycles. The highest BCUT2D eigenvalue weighted by Gasteiger charge is 2.23. The third kappa shape index (κ3) is 2.97. The fourth-order valence-electron chi connectivity index (χ4n) is 2.79. The molecule has 1 aromatic carbocycles. The van der Waals surface area contributed by atoms with Gasteiger partial charge in [-0.1, -0.05) is 37.3 Å². The Balaban J connectivity index is 1.85. The summed E-state index contributed by atoms with van der Waals surface area (Å²) in [6.07, 6.45) is 2.76. The summed E-state index contributed by atoms with van der Waals surface area (Å²) in [6, 6.07) is 10.9. The zero-order chi connectivity index (χ0) is 14.7. The van der Waals surface area contributed by atoms with Gasteiger partial charge in [0.1, 0.15) is 5.82 Å². The van der Waals surface area contributed by atoms with E-state index in [9.17, 15) is 0 Å². The summed E-state index contributed by atoms with van der Waals surface area (Å²) in [5, 5.41) is 3.57. The fraction of sp³-hybridized carbons (Fsp3) is 0.375. The van der Waals surface area contributed by atoms with Gasteiger partial charge in [0.25, 0.3) is 0 Å². The molecular formula is C16H21N5. The number of nitrogens with two attached hydrogens (primary N) is 1. The van der Waals surface area contributed by atoms with Crippen LogP contribution in [0.5, 0.6) is 0 Å². The van der Waals surface area contributed by atoms with Crippen LogP contribution in [0.4, 0.5) is 11.8 Å². The molecule has 0 spiro atoms. The summed E-state index contributed by atoms with van der Waals surface area (Å²) in [5.74, 6) is 1.32. The van der Waals surface area contributed by atoms with Crippen LogP contribution in [0.15, 0.2) is 36.5 Å². The van der Waals surface area contributed by atoms with Crippen LogP contribution in [0.3, 0.4) is 0 Å². The second kappa shape index (κ2) is 6.10. The van der Waals surface area contributed by atoms with Crippen molar-refractivity contribution in [1.29, 1.82) is 0 Å². The zero-order valence-electron chi connectivity index (χ0n) is 12.3. The molecule has 0 unspecified atom stereocenters. The van der Waals surface area contributed by atoms with E-state index in [-0.39, 0.29) is 0 Å². The molecule has 1 aliphatic rings. The second-order valence-electron chi connectivity index (χ2n) is 5.29. The minimum absolute atomic E-state index is 0.320. The predicted octanol–water partition coefficient (Wildman–Crippen LogP) is 1.77. The first kappa shape index (κ1) is 13.8. The maximum absolute atomic E-state index is 5.77. The third-order valence-corrected chi connectivity index (χ3v) is 3.92. The van der Waals surface area contributed by atoms with Crippen molar-refractivity contribution in [1.82, 2.24) is 15.3 Å². The van der Waals surface area contributed by atoms with Gasteiger partial charge in [-0.15, -0.1) is 0 Å². The first-order chi connectivity index (χ1) is 10.3. The van der Waals surface area contributed by atoms with E-state index in [2.05, 4.69) is 51.4 Å². The third-order valence-electron chi connectivity index (χ3n) is 3.92. The molecule has 1 aliphatic heterocycles. The fourth-order valence-corrected chi connectivity index (χ4v) is 2.79. The van der Waals surface area contributed by atoms with E-state index in [1.807, 2.05) is 12.3 Å². The van der Waals surface area contributed by atoms with Crippen molar-refractivity contribution in [3.63, 3.8) is 0 Å². The zero-order valence-corrected chi connectivity index (χ0v) is 12.3. The summed E-state index contributed by atoms with van der Waals surface area (Å²) in [5.41, 5.74) is 8.23. The Labute approximate surface area is 125 Å². The average Bonchev–Trinajstić information content (AvgIpc) is 2.56. The molecule has 2 heterocycles. The molecule has 2 aromatic rings. The lowest BCUT2D eigenvalue weighted by molar-refractivity contribution is 0.469. The molecule has 1 fully saturated rings. The number of piperazine rings is 1. The maximum Gasteiger partial charge on any atom is 0.221 e. The maximum atomic E-state index is 5.77. The van der Waals surface area contributed by atoms with Crippen molar-refractivity contribution in [2.24, 2.45) is 0 Å². The first-order valence-electron chi connectivity index (χ1n) is 7.42. The van der Waals surface area contributed by atoms with Crippen molar-refractivity contribution in [3.8, 4) is 0 Å². The highest BCUT2D eigenvalue weighted by molar-refractivity contribution is 5.49. The minimum atomic E-state index is 0.320. The summed E-state index contributed by atoms with van der Waals surface area (Å²) in [4.78, 5) is 10.9. The molecule has 110 valence electrons. The lowest BCUT2D eigenvalue weighted by Gasteiger charge is -2.35. The molecule has 5 nitrogen and oxygen atoms in total. The van der Waals surface area contributed by atoms with Crippen molar-refractivity contribution < 1.29 is 0 Å². The lowest BCUT2D eigenvalue weighted by atomic mass is 10.0. The van der Waals surface area contributed by atoms with Crippen LogP contribution in [0.25, 0.3) is 0 Å². The smallest absolute Gasteiger partial charge is 0.221 e. The monoisotopic (exact) mass is 283 g/mol. The van der Waals surface area contributed by atoms with Crippen molar-refractivity contribution in [2.75, 3.05) is 30.3 Å². The summed E-state index contributed by atoms with van der Waals surface area (Å²) >= 11 is 0. The van der Waals surface area contributed by atoms with E-state index in [0.29, 0.717) is 12.0 Å². The molecule has 0 amide bonds. The molecule has 0 saturated carbocycles. The lowest BCUT2D eigenvalue weighted by Crippen LogP contribution is -2.46. The summed E-state index contributed by atoms with van der Waals surface area (Å²) < 4.78 is 0. The van der Waals surface area contributed by atoms with Gasteiger partial charge in [-0.2, -0.15) is 4.98 Å². The highest BCUT2D eigenvalue weighted by atomic mass is 15.3. The first-order valence-corrected chi connectivity index (χ1v) is 7.42. The standard InChI is InChI=1S/C16H21N5/c1-2-12-10-19-16(17)20-15(12)21-9-8-18-14(11-21)13-6-4-3-5-7-13/h3-7,10,14,18H,2,8-9,11H2,1H3,(H2,17,19,20)/t14-/m1/s1. The Morgan fingerprint density at radius 1 is 1.33 bits per heavy atom. The molecular weight excluding hydrogens is 262 g/mol. The Morgan fingerprint density at radius 2 is 2.14 bits per heavy atom. The summed E-state index contributed by atoms with van der Waals surface area (Å²) in [6.45, 7) is 4.89. The SMILES string of the molecule is CCc1cnc(N)nc1N1CCN[C@@H](c2ccccc2)C1. The van der Waals surface area contributed by atoms with Crippen LogP contribution in [0.1, 0.15) is 24.1 Å². The molecule has 0 aliphatic carbocycles. The molecule has 21 heavy (non-hydrogen) atoms. The van der Waals surface area contributed by atoms with Gasteiger partial charge >= 0.3 is 0 Å². The van der Waals surface area contributed by atoms with Crippen molar-refractivity contribution >= 4 is 11.8 Å². The van der Waals surface area contributed by atoms with E-state index in [4.69, 9.17) is 5.73 Å². The number of hydrogen-bond donors (Lipinski definition) is 2. The Hall–Kier alpha value is -2.14. The van der Waals surface area contributed by atoms with Gasteiger partial charge in [0.15, 0.2) is 0 Å². The van der Waals surface area contributed by atoms with E-state index >= 15 is 0 Å². The number of hydrogen-bond acceptors (Lipinski definition) is 5. The number of aromatic nitrogens is 2. The van der Waals surface area contributed by atoms with Crippen molar-refractivity contribution in [3.05, 3.63) is 47.7 Å². The van der Waals surface area contributed by atoms with Crippen molar-refractivity contribution in [2.45, 2.75) is 19.4 Å². The Bertz CT molecular complexity index is 599. The van der Waals surface area contributed by atoms with Gasteiger partial charge in [-0.25, -0.2) is 4.98 Å². The van der Waals surface area contributed by atoms with Gasteiger partial charge < -0.3 is 16.0 Å². The van der Waals surface area contributed by atoms with Gasteiger partial charge in [-0.05, 0) is 12.0 Å². The number of nitrogens with zero attached hydrogens (tertiary/aromatic N) is 3. The molecule has 1 saturated heterocycles. The average molecular weight is 283 g/mol. The highest BCUT2D eigenvalue weighted by Crippen LogP contribution is 2.24. The van der Waals surface area contributed by atoms with Gasteiger partial charge in [-0.3, -0.25) is 0 Å². The van der Waals surface area contributed by atoms with Gasteiger partial charge in [0.05, 0.1) is 0 Å². The Kier molecular flexibility index (Phi) is 4.01. The van der Waals surface area contributed by atoms with E-state index < -0.39 is 0 Å². The molecule has 0 radical (unpaired) electrons. The number of nitrogens with one attached hydrogen (secondary N) is 1. The molecule has 3 N–H and O–H groups in total. The minimum Gasteiger partial charge on any atom is -0.368 e. The quantitative estimate of drug-likeness (QED) is 0.898. The number of aryl methyl sites for hydroxylation is 1. The summed E-state index contributed by atoms with van der Waals surface area (Å²) in [7, 11) is 0. The number of rotatable bonds is 3. The number of benzene rings is 1. The largest absolute Gasteiger partial charge is 0.368 e. The molecule has 5 heteroatoms. The van der Waals surface area contributed by atoms with Crippen LogP contribution in [0, 0.1) is 0 Å². The topological polar surface area (TPSA) is 67.1 Å². The van der Waals surface area contributed by atoms with Gasteiger partial charge in [0, 0.05) is 37.4 Å². The van der Waals surface area contributed by atoms with Crippen LogP contribution in [-0.2, 0) is 6.42 Å². The second-order valence-corrected chi connectivity index (χ2v) is 5.29. The van der Waals surface area contributed by atoms with Gasteiger partial charge in [0.2, 0.25) is 5.95 Å². The van der Waals surface area contributed by atoms with Crippen LogP contribution < -0.4 is 16.0 Å². The van der Waals surface area contributed by atoms with Crippen LogP contribution >= 0.6 is 0 Å². The Morgan fingerprint density at radius 3 is 2.90 bits per heavy atom. The van der Waals surface area contributed by atoms with Crippen LogP contribution in [0.2, 0.25) is 0 Å². The van der Waals surface area contributed by atoms with Crippen LogP contribution in [-0.4, -0.2) is 29.6 Å². The van der Waals surface area contributed by atoms with E-state index in [0.717, 1.165) is 37.4 Å². The molecule has 3 rings (SSSR count). The number of nitrogen functional groups attached to an aromatic ring is 1. The van der Waals surface area contributed by atoms with E-state index in [1.165, 1.54) is 5.56 Å². The predicted molar refractivity (Wildman–Crippen MR) is 85.2 cm³/mol. The van der Waals surface area contributed by atoms with E-state index in [1.54, 1.807) is 0 Å². The molecule has 0 bridgehead atoms. The molecule has 1 atom stereocenters.